The van der Waals surface area contributed by atoms with Crippen LogP contribution in [0.4, 0.5) is 0 Å². The first-order valence-corrected chi connectivity index (χ1v) is 5.72. The highest BCUT2D eigenvalue weighted by Gasteiger charge is 2.30. The third kappa shape index (κ3) is 2.73. The molecule has 0 aliphatic heterocycles. The third-order valence-corrected chi connectivity index (χ3v) is 3.90. The average Bonchev–Trinajstić information content (AvgIpc) is 2.04. The Labute approximate surface area is 88.4 Å². The third-order valence-electron chi connectivity index (χ3n) is 2.56. The minimum Gasteiger partial charge on any atom is -0.396 e. The van der Waals surface area contributed by atoms with Gasteiger partial charge in [-0.15, -0.1) is 0 Å². The highest BCUT2D eigenvalue weighted by molar-refractivity contribution is 14.1. The van der Waals surface area contributed by atoms with Gasteiger partial charge in [0.2, 0.25) is 0 Å². The normalized spacial score (nSPS) is 37.4. The van der Waals surface area contributed by atoms with Crippen molar-refractivity contribution >= 4 is 22.6 Å². The molecule has 0 heterocycles. The van der Waals surface area contributed by atoms with Crippen molar-refractivity contribution in [2.24, 2.45) is 5.92 Å². The first-order valence-electron chi connectivity index (χ1n) is 4.64. The molecule has 2 heteroatoms. The van der Waals surface area contributed by atoms with E-state index in [-0.39, 0.29) is 0 Å². The van der Waals surface area contributed by atoms with Crippen molar-refractivity contribution in [1.82, 2.24) is 0 Å². The minimum atomic E-state index is 0.332. The second-order valence-electron chi connectivity index (χ2n) is 3.68. The number of aliphatic hydroxyl groups excluding tert-OH is 1. The Bertz CT molecular complexity index is 167. The van der Waals surface area contributed by atoms with Crippen LogP contribution < -0.4 is 0 Å². The standard InChI is InChI=1S/C10H17IO/c1-2-5-10(11)6-3-4-9(7-10)8-12/h2,5,9,12H,3-4,6-8H2,1H3/b5-2+. The molecule has 1 aliphatic carbocycles. The quantitative estimate of drug-likeness (QED) is 0.468. The van der Waals surface area contributed by atoms with E-state index in [0.717, 1.165) is 6.42 Å². The monoisotopic (exact) mass is 280 g/mol. The van der Waals surface area contributed by atoms with E-state index in [1.807, 2.05) is 0 Å². The lowest BCUT2D eigenvalue weighted by Crippen LogP contribution is -2.28. The maximum atomic E-state index is 9.06. The topological polar surface area (TPSA) is 20.2 Å². The van der Waals surface area contributed by atoms with E-state index in [4.69, 9.17) is 5.11 Å². The average molecular weight is 280 g/mol. The van der Waals surface area contributed by atoms with Gasteiger partial charge in [0, 0.05) is 10.0 Å². The molecule has 0 aromatic rings. The molecule has 12 heavy (non-hydrogen) atoms. The molecule has 1 N–H and O–H groups in total. The number of hydrogen-bond donors (Lipinski definition) is 1. The van der Waals surface area contributed by atoms with E-state index in [1.54, 1.807) is 0 Å². The maximum absolute atomic E-state index is 9.06. The zero-order valence-electron chi connectivity index (χ0n) is 7.59. The zero-order valence-corrected chi connectivity index (χ0v) is 9.75. The lowest BCUT2D eigenvalue weighted by Gasteiger charge is -2.33. The summed E-state index contributed by atoms with van der Waals surface area (Å²) in [4.78, 5) is 0. The Morgan fingerprint density at radius 1 is 1.67 bits per heavy atom. The predicted octanol–water partition coefficient (Wildman–Crippen LogP) is 2.92. The van der Waals surface area contributed by atoms with Gasteiger partial charge in [-0.05, 0) is 32.1 Å². The van der Waals surface area contributed by atoms with Gasteiger partial charge in [-0.25, -0.2) is 0 Å². The fourth-order valence-electron chi connectivity index (χ4n) is 1.97. The van der Waals surface area contributed by atoms with Crippen molar-refractivity contribution in [2.75, 3.05) is 6.61 Å². The summed E-state index contributed by atoms with van der Waals surface area (Å²) in [7, 11) is 0. The van der Waals surface area contributed by atoms with E-state index >= 15 is 0 Å². The fraction of sp³-hybridized carbons (Fsp3) is 0.800. The van der Waals surface area contributed by atoms with Gasteiger partial charge >= 0.3 is 0 Å². The van der Waals surface area contributed by atoms with Crippen molar-refractivity contribution in [3.8, 4) is 0 Å². The van der Waals surface area contributed by atoms with E-state index < -0.39 is 0 Å². The largest absolute Gasteiger partial charge is 0.396 e. The highest BCUT2D eigenvalue weighted by Crippen LogP contribution is 2.40. The molecule has 1 saturated carbocycles. The Hall–Kier alpha value is 0.430. The summed E-state index contributed by atoms with van der Waals surface area (Å²) < 4.78 is 0.332. The molecule has 0 spiro atoms. The molecule has 1 aliphatic rings. The van der Waals surface area contributed by atoms with Gasteiger partial charge in [-0.1, -0.05) is 41.2 Å². The molecule has 2 unspecified atom stereocenters. The summed E-state index contributed by atoms with van der Waals surface area (Å²) in [5.74, 6) is 0.534. The van der Waals surface area contributed by atoms with Gasteiger partial charge in [0.15, 0.2) is 0 Å². The molecule has 1 fully saturated rings. The molecule has 0 saturated heterocycles. The number of alkyl halides is 1. The Balaban J connectivity index is 2.54. The van der Waals surface area contributed by atoms with Crippen LogP contribution in [0, 0.1) is 5.92 Å². The smallest absolute Gasteiger partial charge is 0.0459 e. The van der Waals surface area contributed by atoms with Gasteiger partial charge in [0.1, 0.15) is 0 Å². The van der Waals surface area contributed by atoms with Crippen molar-refractivity contribution in [3.05, 3.63) is 12.2 Å². The first kappa shape index (κ1) is 10.5. The molecule has 0 bridgehead atoms. The number of hydrogen-bond acceptors (Lipinski definition) is 1. The summed E-state index contributed by atoms with van der Waals surface area (Å²) in [6, 6.07) is 0. The Kier molecular flexibility index (Phi) is 4.03. The van der Waals surface area contributed by atoms with Gasteiger partial charge in [0.25, 0.3) is 0 Å². The molecule has 0 aromatic heterocycles. The van der Waals surface area contributed by atoms with Crippen LogP contribution >= 0.6 is 22.6 Å². The minimum absolute atomic E-state index is 0.332. The molecule has 0 amide bonds. The molecule has 1 nitrogen and oxygen atoms in total. The molecule has 0 radical (unpaired) electrons. The van der Waals surface area contributed by atoms with Crippen LogP contribution in [0.25, 0.3) is 0 Å². The van der Waals surface area contributed by atoms with Gasteiger partial charge in [-0.2, -0.15) is 0 Å². The van der Waals surface area contributed by atoms with Gasteiger partial charge in [0.05, 0.1) is 0 Å². The molecule has 0 aromatic carbocycles. The van der Waals surface area contributed by atoms with E-state index in [0.29, 0.717) is 15.9 Å². The summed E-state index contributed by atoms with van der Waals surface area (Å²) >= 11 is 2.53. The number of aliphatic hydroxyl groups is 1. The lowest BCUT2D eigenvalue weighted by atomic mass is 9.81. The zero-order chi connectivity index (χ0) is 9.03. The van der Waals surface area contributed by atoms with Crippen LogP contribution in [0.3, 0.4) is 0 Å². The van der Waals surface area contributed by atoms with Crippen LogP contribution in [0.5, 0.6) is 0 Å². The maximum Gasteiger partial charge on any atom is 0.0459 e. The fourth-order valence-corrected chi connectivity index (χ4v) is 3.34. The summed E-state index contributed by atoms with van der Waals surface area (Å²) in [5, 5.41) is 9.06. The van der Waals surface area contributed by atoms with Crippen molar-refractivity contribution in [2.45, 2.75) is 36.0 Å². The summed E-state index contributed by atoms with van der Waals surface area (Å²) in [6.45, 7) is 2.44. The highest BCUT2D eigenvalue weighted by atomic mass is 127. The van der Waals surface area contributed by atoms with Crippen LogP contribution in [0.15, 0.2) is 12.2 Å². The summed E-state index contributed by atoms with van der Waals surface area (Å²) in [5.41, 5.74) is 0. The van der Waals surface area contributed by atoms with Gasteiger partial charge in [-0.3, -0.25) is 0 Å². The molecule has 70 valence electrons. The van der Waals surface area contributed by atoms with E-state index in [9.17, 15) is 0 Å². The van der Waals surface area contributed by atoms with Crippen molar-refractivity contribution in [1.29, 1.82) is 0 Å². The Morgan fingerprint density at radius 3 is 3.00 bits per heavy atom. The van der Waals surface area contributed by atoms with Crippen molar-refractivity contribution in [3.63, 3.8) is 0 Å². The molecule has 2 atom stereocenters. The van der Waals surface area contributed by atoms with Crippen LogP contribution in [-0.4, -0.2) is 15.1 Å². The number of allylic oxidation sites excluding steroid dienone is 2. The number of halogens is 1. The molecule has 1 rings (SSSR count). The van der Waals surface area contributed by atoms with E-state index in [1.165, 1.54) is 19.3 Å². The first-order chi connectivity index (χ1) is 5.70. The lowest BCUT2D eigenvalue weighted by molar-refractivity contribution is 0.184. The molecular weight excluding hydrogens is 263 g/mol. The van der Waals surface area contributed by atoms with Crippen LogP contribution in [0.2, 0.25) is 0 Å². The SMILES string of the molecule is C/C=C/C1(I)CCCC(CO)C1. The predicted molar refractivity (Wildman–Crippen MR) is 60.6 cm³/mol. The summed E-state index contributed by atoms with van der Waals surface area (Å²) in [6.07, 6.45) is 9.31. The second-order valence-corrected chi connectivity index (χ2v) is 5.83. The van der Waals surface area contributed by atoms with Crippen LogP contribution in [-0.2, 0) is 0 Å². The second kappa shape index (κ2) is 4.61. The van der Waals surface area contributed by atoms with E-state index in [2.05, 4.69) is 41.7 Å². The Morgan fingerprint density at radius 2 is 2.42 bits per heavy atom. The van der Waals surface area contributed by atoms with Crippen LogP contribution in [0.1, 0.15) is 32.6 Å². The van der Waals surface area contributed by atoms with Crippen molar-refractivity contribution < 1.29 is 5.11 Å². The number of rotatable bonds is 2. The molecular formula is C10H17IO. The van der Waals surface area contributed by atoms with Gasteiger partial charge < -0.3 is 5.11 Å².